The molecule has 1 heterocycles. The molecule has 1 rings (SSSR count). The number of hydrogen-bond acceptors (Lipinski definition) is 5. The molecule has 0 fully saturated rings. The molecule has 0 radical (unpaired) electrons. The number of aromatic nitrogens is 2. The van der Waals surface area contributed by atoms with Gasteiger partial charge < -0.3 is 15.0 Å². The second kappa shape index (κ2) is 3.46. The fourth-order valence-electron chi connectivity index (χ4n) is 0.585. The van der Waals surface area contributed by atoms with Gasteiger partial charge in [0.25, 0.3) is 0 Å². The van der Waals surface area contributed by atoms with Gasteiger partial charge in [0.15, 0.2) is 0 Å². The summed E-state index contributed by atoms with van der Waals surface area (Å²) in [6.45, 7) is 0. The van der Waals surface area contributed by atoms with Crippen molar-refractivity contribution in [3.8, 4) is 0 Å². The van der Waals surface area contributed by atoms with Crippen molar-refractivity contribution in [3.05, 3.63) is 22.6 Å². The molecule has 0 saturated carbocycles. The molecule has 0 atom stereocenters. The number of nitrogens with zero attached hydrogens (tertiary/aromatic N) is 4. The minimum atomic E-state index is -0.586. The van der Waals surface area contributed by atoms with Crippen LogP contribution in [0.25, 0.3) is 0 Å². The maximum Gasteiger partial charge on any atom is 0.381 e. The first-order valence-electron chi connectivity index (χ1n) is 2.98. The highest BCUT2D eigenvalue weighted by Gasteiger charge is 2.07. The van der Waals surface area contributed by atoms with Crippen LogP contribution in [0.3, 0.4) is 0 Å². The maximum absolute atomic E-state index is 10.1. The summed E-state index contributed by atoms with van der Waals surface area (Å²) < 4.78 is 1.32. The second-order valence-electron chi connectivity index (χ2n) is 1.84. The third-order valence-electron chi connectivity index (χ3n) is 1.06. The van der Waals surface area contributed by atoms with Crippen LogP contribution in [0, 0.1) is 10.1 Å². The number of hydrogen-bond donors (Lipinski definition) is 0. The zero-order valence-electron chi connectivity index (χ0n) is 6.25. The monoisotopic (exact) mass is 170 g/mol. The second-order valence-corrected chi connectivity index (χ2v) is 1.84. The van der Waals surface area contributed by atoms with Crippen molar-refractivity contribution in [1.82, 2.24) is 9.55 Å². The van der Waals surface area contributed by atoms with E-state index in [2.05, 4.69) is 15.0 Å². The molecular formula is C5H6N4O3. The van der Waals surface area contributed by atoms with Crippen LogP contribution in [-0.2, 0) is 4.84 Å². The minimum absolute atomic E-state index is 0.224. The third-order valence-corrected chi connectivity index (χ3v) is 1.06. The van der Waals surface area contributed by atoms with Gasteiger partial charge in [0.05, 0.1) is 0 Å². The Morgan fingerprint density at radius 2 is 2.67 bits per heavy atom. The van der Waals surface area contributed by atoms with Crippen molar-refractivity contribution in [1.29, 1.82) is 0 Å². The molecule has 0 amide bonds. The fraction of sp³-hybridized carbons (Fsp3) is 0.200. The Bertz CT molecular complexity index is 305. The molecule has 0 spiro atoms. The first-order chi connectivity index (χ1) is 5.74. The molecule has 0 aromatic carbocycles. The third kappa shape index (κ3) is 1.78. The average molecular weight is 170 g/mol. The summed E-state index contributed by atoms with van der Waals surface area (Å²) in [5, 5.41) is 13.5. The Balaban J connectivity index is 2.77. The van der Waals surface area contributed by atoms with Gasteiger partial charge in [0, 0.05) is 0 Å². The van der Waals surface area contributed by atoms with Crippen LogP contribution in [0.4, 0.5) is 5.82 Å². The van der Waals surface area contributed by atoms with Gasteiger partial charge in [-0.15, -0.1) is 0 Å². The van der Waals surface area contributed by atoms with E-state index in [1.807, 2.05) is 0 Å². The summed E-state index contributed by atoms with van der Waals surface area (Å²) in [7, 11) is 1.38. The Morgan fingerprint density at radius 3 is 3.17 bits per heavy atom. The predicted octanol–water partition coefficient (Wildman–Crippen LogP) is 0.229. The number of imidazole rings is 1. The van der Waals surface area contributed by atoms with Gasteiger partial charge in [-0.2, -0.15) is 0 Å². The lowest BCUT2D eigenvalue weighted by Gasteiger charge is -1.86. The molecule has 0 saturated heterocycles. The van der Waals surface area contributed by atoms with Crippen LogP contribution in [0.15, 0.2) is 17.7 Å². The summed E-state index contributed by atoms with van der Waals surface area (Å²) >= 11 is 0. The summed E-state index contributed by atoms with van der Waals surface area (Å²) in [5.74, 6) is -0.224. The van der Waals surface area contributed by atoms with E-state index in [9.17, 15) is 10.1 Å². The zero-order valence-corrected chi connectivity index (χ0v) is 6.25. The van der Waals surface area contributed by atoms with Crippen LogP contribution >= 0.6 is 0 Å². The zero-order chi connectivity index (χ0) is 8.97. The molecule has 7 heteroatoms. The first kappa shape index (κ1) is 8.18. The Hall–Kier alpha value is -1.92. The molecule has 0 unspecified atom stereocenters. The van der Waals surface area contributed by atoms with E-state index in [0.717, 1.165) is 0 Å². The molecular weight excluding hydrogens is 164 g/mol. The Labute approximate surface area is 67.4 Å². The van der Waals surface area contributed by atoms with Crippen LogP contribution in [-0.4, -0.2) is 27.9 Å². The van der Waals surface area contributed by atoms with E-state index in [0.29, 0.717) is 0 Å². The lowest BCUT2D eigenvalue weighted by atomic mass is 10.8. The Kier molecular flexibility index (Phi) is 2.36. The summed E-state index contributed by atoms with van der Waals surface area (Å²) in [4.78, 5) is 17.4. The molecule has 7 nitrogen and oxygen atoms in total. The number of oxime groups is 1. The van der Waals surface area contributed by atoms with Gasteiger partial charge in [0.2, 0.25) is 6.33 Å². The van der Waals surface area contributed by atoms with E-state index in [-0.39, 0.29) is 5.82 Å². The van der Waals surface area contributed by atoms with Crippen LogP contribution in [0.2, 0.25) is 0 Å². The van der Waals surface area contributed by atoms with Crippen molar-refractivity contribution in [2.24, 2.45) is 5.16 Å². The van der Waals surface area contributed by atoms with E-state index >= 15 is 0 Å². The van der Waals surface area contributed by atoms with Crippen molar-refractivity contribution in [2.75, 3.05) is 7.11 Å². The van der Waals surface area contributed by atoms with E-state index < -0.39 is 4.92 Å². The van der Waals surface area contributed by atoms with Crippen molar-refractivity contribution < 1.29 is 9.76 Å². The predicted molar refractivity (Wildman–Crippen MR) is 39.8 cm³/mol. The minimum Gasteiger partial charge on any atom is -0.398 e. The maximum atomic E-state index is 10.1. The van der Waals surface area contributed by atoms with Crippen molar-refractivity contribution >= 4 is 12.2 Å². The molecule has 0 N–H and O–H groups in total. The molecule has 0 bridgehead atoms. The highest BCUT2D eigenvalue weighted by Crippen LogP contribution is 2.03. The van der Waals surface area contributed by atoms with Crippen LogP contribution < -0.4 is 0 Å². The molecule has 12 heavy (non-hydrogen) atoms. The molecule has 1 aromatic heterocycles. The lowest BCUT2D eigenvalue weighted by molar-refractivity contribution is -0.389. The average Bonchev–Trinajstić information content (AvgIpc) is 2.48. The van der Waals surface area contributed by atoms with Crippen molar-refractivity contribution in [2.45, 2.75) is 0 Å². The highest BCUT2D eigenvalue weighted by atomic mass is 16.6. The van der Waals surface area contributed by atoms with Gasteiger partial charge in [0.1, 0.15) is 19.6 Å². The van der Waals surface area contributed by atoms with Gasteiger partial charge in [-0.05, 0) is 9.91 Å². The van der Waals surface area contributed by atoms with E-state index in [1.165, 1.54) is 30.5 Å². The Morgan fingerprint density at radius 1 is 1.92 bits per heavy atom. The normalized spacial score (nSPS) is 10.4. The summed E-state index contributed by atoms with van der Waals surface area (Å²) in [6.07, 6.45) is 3.75. The molecule has 0 aliphatic heterocycles. The summed E-state index contributed by atoms with van der Waals surface area (Å²) in [5.41, 5.74) is 0. The standard InChI is InChI=1S/C5H6N4O3/c1-12-7-4-8-2-5(6-3-8)9(10)11/h2-4H,1H3/b7-4+. The van der Waals surface area contributed by atoms with E-state index in [4.69, 9.17) is 0 Å². The van der Waals surface area contributed by atoms with Gasteiger partial charge in [-0.3, -0.25) is 4.57 Å². The van der Waals surface area contributed by atoms with Crippen LogP contribution in [0.1, 0.15) is 0 Å². The molecule has 0 aliphatic rings. The van der Waals surface area contributed by atoms with Gasteiger partial charge >= 0.3 is 5.82 Å². The largest absolute Gasteiger partial charge is 0.398 e. The van der Waals surface area contributed by atoms with Crippen molar-refractivity contribution in [3.63, 3.8) is 0 Å². The van der Waals surface area contributed by atoms with Gasteiger partial charge in [-0.25, -0.2) is 0 Å². The molecule has 1 aromatic rings. The molecule has 0 aliphatic carbocycles. The topological polar surface area (TPSA) is 82.5 Å². The fourth-order valence-corrected chi connectivity index (χ4v) is 0.585. The quantitative estimate of drug-likeness (QED) is 0.281. The number of nitro groups is 1. The summed E-state index contributed by atoms with van der Waals surface area (Å²) in [6, 6.07) is 0. The SMILES string of the molecule is CO/N=C/n1cnc([N+](=O)[O-])c1. The molecule has 64 valence electrons. The van der Waals surface area contributed by atoms with Crippen LogP contribution in [0.5, 0.6) is 0 Å². The number of rotatable bonds is 3. The highest BCUT2D eigenvalue weighted by molar-refractivity contribution is 5.57. The lowest BCUT2D eigenvalue weighted by Crippen LogP contribution is -1.91. The van der Waals surface area contributed by atoms with E-state index in [1.54, 1.807) is 0 Å². The van der Waals surface area contributed by atoms with Gasteiger partial charge in [-0.1, -0.05) is 5.16 Å². The smallest absolute Gasteiger partial charge is 0.381 e. The first-order valence-corrected chi connectivity index (χ1v) is 2.98.